The standard InChI is InChI=1S/C16H21NO4/c1-10-4-5-12(8-14(10)21-3)15(18)17(13-6-7-13)9-11(2)16(19)20/h4-5,8,11,13H,6-7,9H2,1-3H3,(H,19,20)/t11-/m0/s1. The zero-order valence-electron chi connectivity index (χ0n) is 12.6. The Bertz CT molecular complexity index is 551. The second-order valence-corrected chi connectivity index (χ2v) is 5.61. The van der Waals surface area contributed by atoms with Crippen LogP contribution in [0.25, 0.3) is 0 Å². The molecule has 5 nitrogen and oxygen atoms in total. The van der Waals surface area contributed by atoms with E-state index in [-0.39, 0.29) is 18.5 Å². The fourth-order valence-corrected chi connectivity index (χ4v) is 2.28. The third kappa shape index (κ3) is 3.54. The summed E-state index contributed by atoms with van der Waals surface area (Å²) in [6, 6.07) is 5.50. The summed E-state index contributed by atoms with van der Waals surface area (Å²) in [5.74, 6) is -0.899. The van der Waals surface area contributed by atoms with E-state index < -0.39 is 11.9 Å². The Balaban J connectivity index is 2.20. The van der Waals surface area contributed by atoms with Crippen LogP contribution in [0, 0.1) is 12.8 Å². The molecule has 1 amide bonds. The molecule has 0 heterocycles. The molecule has 1 atom stereocenters. The highest BCUT2D eigenvalue weighted by Gasteiger charge is 2.35. The van der Waals surface area contributed by atoms with Crippen molar-refractivity contribution < 1.29 is 19.4 Å². The Labute approximate surface area is 124 Å². The summed E-state index contributed by atoms with van der Waals surface area (Å²) in [5, 5.41) is 9.05. The Hall–Kier alpha value is -2.04. The molecule has 0 spiro atoms. The molecule has 0 aromatic heterocycles. The number of ether oxygens (including phenoxy) is 1. The number of carbonyl (C=O) groups is 2. The van der Waals surface area contributed by atoms with Crippen LogP contribution in [-0.4, -0.2) is 41.6 Å². The van der Waals surface area contributed by atoms with Gasteiger partial charge in [0.05, 0.1) is 13.0 Å². The van der Waals surface area contributed by atoms with Crippen molar-refractivity contribution in [1.82, 2.24) is 4.90 Å². The summed E-state index contributed by atoms with van der Waals surface area (Å²) >= 11 is 0. The van der Waals surface area contributed by atoms with Crippen LogP contribution in [-0.2, 0) is 4.79 Å². The Morgan fingerprint density at radius 2 is 2.10 bits per heavy atom. The van der Waals surface area contributed by atoms with Crippen LogP contribution in [0.3, 0.4) is 0 Å². The van der Waals surface area contributed by atoms with Crippen molar-refractivity contribution in [2.75, 3.05) is 13.7 Å². The van der Waals surface area contributed by atoms with E-state index in [1.807, 2.05) is 13.0 Å². The summed E-state index contributed by atoms with van der Waals surface area (Å²) in [4.78, 5) is 25.3. The van der Waals surface area contributed by atoms with E-state index in [2.05, 4.69) is 0 Å². The fraction of sp³-hybridized carbons (Fsp3) is 0.500. The first-order valence-corrected chi connectivity index (χ1v) is 7.12. The minimum absolute atomic E-state index is 0.121. The maximum absolute atomic E-state index is 12.6. The van der Waals surface area contributed by atoms with E-state index >= 15 is 0 Å². The van der Waals surface area contributed by atoms with Crippen LogP contribution in [0.15, 0.2) is 18.2 Å². The smallest absolute Gasteiger partial charge is 0.308 e. The van der Waals surface area contributed by atoms with Crippen LogP contribution in [0.1, 0.15) is 35.7 Å². The average molecular weight is 291 g/mol. The molecule has 2 rings (SSSR count). The van der Waals surface area contributed by atoms with Crippen molar-refractivity contribution in [2.24, 2.45) is 5.92 Å². The molecule has 114 valence electrons. The van der Waals surface area contributed by atoms with Crippen LogP contribution in [0.5, 0.6) is 5.75 Å². The van der Waals surface area contributed by atoms with Gasteiger partial charge in [-0.1, -0.05) is 13.0 Å². The summed E-state index contributed by atoms with van der Waals surface area (Å²) in [5.41, 5.74) is 1.51. The van der Waals surface area contributed by atoms with Crippen molar-refractivity contribution in [3.8, 4) is 5.75 Å². The van der Waals surface area contributed by atoms with Gasteiger partial charge in [0.1, 0.15) is 5.75 Å². The van der Waals surface area contributed by atoms with Gasteiger partial charge in [-0.2, -0.15) is 0 Å². The maximum atomic E-state index is 12.6. The third-order valence-electron chi connectivity index (χ3n) is 3.80. The molecule has 0 bridgehead atoms. The van der Waals surface area contributed by atoms with E-state index in [1.165, 1.54) is 0 Å². The van der Waals surface area contributed by atoms with Crippen LogP contribution in [0.2, 0.25) is 0 Å². The number of aryl methyl sites for hydroxylation is 1. The summed E-state index contributed by atoms with van der Waals surface area (Å²) in [6.07, 6.45) is 1.89. The van der Waals surface area contributed by atoms with Gasteiger partial charge in [0.2, 0.25) is 0 Å². The molecule has 1 aliphatic carbocycles. The van der Waals surface area contributed by atoms with Gasteiger partial charge in [0.15, 0.2) is 0 Å². The molecule has 21 heavy (non-hydrogen) atoms. The molecule has 5 heteroatoms. The SMILES string of the molecule is COc1cc(C(=O)N(C[C@H](C)C(=O)O)C2CC2)ccc1C. The van der Waals surface area contributed by atoms with Crippen molar-refractivity contribution in [3.63, 3.8) is 0 Å². The highest BCUT2D eigenvalue weighted by Crippen LogP contribution is 2.30. The molecule has 0 unspecified atom stereocenters. The number of benzene rings is 1. The summed E-state index contributed by atoms with van der Waals surface area (Å²) in [7, 11) is 1.57. The number of amides is 1. The minimum Gasteiger partial charge on any atom is -0.496 e. The highest BCUT2D eigenvalue weighted by molar-refractivity contribution is 5.95. The second kappa shape index (κ2) is 6.16. The van der Waals surface area contributed by atoms with E-state index in [4.69, 9.17) is 9.84 Å². The topological polar surface area (TPSA) is 66.8 Å². The molecule has 0 saturated heterocycles. The van der Waals surface area contributed by atoms with E-state index in [9.17, 15) is 9.59 Å². The summed E-state index contributed by atoms with van der Waals surface area (Å²) in [6.45, 7) is 3.79. The number of carboxylic acid groups (broad SMARTS) is 1. The van der Waals surface area contributed by atoms with Gasteiger partial charge in [0, 0.05) is 18.2 Å². The minimum atomic E-state index is -0.880. The largest absolute Gasteiger partial charge is 0.496 e. The Morgan fingerprint density at radius 3 is 2.62 bits per heavy atom. The van der Waals surface area contributed by atoms with Gasteiger partial charge in [-0.15, -0.1) is 0 Å². The van der Waals surface area contributed by atoms with Crippen molar-refractivity contribution in [1.29, 1.82) is 0 Å². The van der Waals surface area contributed by atoms with Crippen LogP contribution >= 0.6 is 0 Å². The molecular weight excluding hydrogens is 270 g/mol. The van der Waals surface area contributed by atoms with E-state index in [1.54, 1.807) is 31.1 Å². The molecule has 0 aliphatic heterocycles. The molecule has 1 saturated carbocycles. The van der Waals surface area contributed by atoms with Crippen molar-refractivity contribution in [3.05, 3.63) is 29.3 Å². The zero-order valence-corrected chi connectivity index (χ0v) is 12.6. The monoisotopic (exact) mass is 291 g/mol. The van der Waals surface area contributed by atoms with E-state index in [0.29, 0.717) is 11.3 Å². The fourth-order valence-electron chi connectivity index (χ4n) is 2.28. The van der Waals surface area contributed by atoms with Gasteiger partial charge in [-0.25, -0.2) is 0 Å². The lowest BCUT2D eigenvalue weighted by Gasteiger charge is -2.24. The molecule has 1 aromatic carbocycles. The number of nitrogens with zero attached hydrogens (tertiary/aromatic N) is 1. The Morgan fingerprint density at radius 1 is 1.43 bits per heavy atom. The number of carboxylic acids is 1. The number of rotatable bonds is 6. The van der Waals surface area contributed by atoms with Crippen LogP contribution < -0.4 is 4.74 Å². The lowest BCUT2D eigenvalue weighted by molar-refractivity contribution is -0.141. The molecule has 1 N–H and O–H groups in total. The van der Waals surface area contributed by atoms with Gasteiger partial charge < -0.3 is 14.7 Å². The first-order valence-electron chi connectivity index (χ1n) is 7.12. The average Bonchev–Trinajstić information content (AvgIpc) is 3.28. The molecule has 1 fully saturated rings. The highest BCUT2D eigenvalue weighted by atomic mass is 16.5. The van der Waals surface area contributed by atoms with E-state index in [0.717, 1.165) is 18.4 Å². The maximum Gasteiger partial charge on any atom is 0.308 e. The zero-order chi connectivity index (χ0) is 15.6. The number of carbonyl (C=O) groups excluding carboxylic acids is 1. The summed E-state index contributed by atoms with van der Waals surface area (Å²) < 4.78 is 5.25. The van der Waals surface area contributed by atoms with Crippen LogP contribution in [0.4, 0.5) is 0 Å². The molecular formula is C16H21NO4. The number of aliphatic carboxylic acids is 1. The predicted molar refractivity (Wildman–Crippen MR) is 78.6 cm³/mol. The van der Waals surface area contributed by atoms with Gasteiger partial charge in [-0.3, -0.25) is 9.59 Å². The van der Waals surface area contributed by atoms with Crippen molar-refractivity contribution in [2.45, 2.75) is 32.7 Å². The first-order chi connectivity index (χ1) is 9.93. The normalized spacial score (nSPS) is 15.4. The lowest BCUT2D eigenvalue weighted by atomic mass is 10.1. The number of hydrogen-bond acceptors (Lipinski definition) is 3. The third-order valence-corrected chi connectivity index (χ3v) is 3.80. The predicted octanol–water partition coefficient (Wildman–Crippen LogP) is 2.33. The first kappa shape index (κ1) is 15.4. The van der Waals surface area contributed by atoms with Gasteiger partial charge >= 0.3 is 5.97 Å². The quantitative estimate of drug-likeness (QED) is 0.873. The number of methoxy groups -OCH3 is 1. The molecule has 0 radical (unpaired) electrons. The molecule has 1 aromatic rings. The van der Waals surface area contributed by atoms with Gasteiger partial charge in [0.25, 0.3) is 5.91 Å². The molecule has 1 aliphatic rings. The lowest BCUT2D eigenvalue weighted by Crippen LogP contribution is -2.38. The van der Waals surface area contributed by atoms with Crippen molar-refractivity contribution >= 4 is 11.9 Å². The van der Waals surface area contributed by atoms with Gasteiger partial charge in [-0.05, 0) is 37.5 Å². The number of hydrogen-bond donors (Lipinski definition) is 1. The Kier molecular flexibility index (Phi) is 4.50. The second-order valence-electron chi connectivity index (χ2n) is 5.61.